The van der Waals surface area contributed by atoms with Crippen molar-refractivity contribution in [1.82, 2.24) is 10.2 Å². The van der Waals surface area contributed by atoms with Gasteiger partial charge in [0, 0.05) is 12.6 Å². The predicted molar refractivity (Wildman–Crippen MR) is 85.1 cm³/mol. The molecule has 0 bridgehead atoms. The second-order valence-corrected chi connectivity index (χ2v) is 6.37. The van der Waals surface area contributed by atoms with Crippen LogP contribution in [0.3, 0.4) is 0 Å². The molecule has 2 fully saturated rings. The summed E-state index contributed by atoms with van der Waals surface area (Å²) >= 11 is 0. The third-order valence-corrected chi connectivity index (χ3v) is 4.83. The maximum atomic E-state index is 12.0. The topological polar surface area (TPSA) is 58.4 Å². The maximum Gasteiger partial charge on any atom is 0.236 e. The van der Waals surface area contributed by atoms with Crippen molar-refractivity contribution in [3.63, 3.8) is 0 Å². The van der Waals surface area contributed by atoms with Crippen molar-refractivity contribution in [2.45, 2.75) is 63.5 Å². The van der Waals surface area contributed by atoms with Gasteiger partial charge in [0.05, 0.1) is 6.04 Å². The Morgan fingerprint density at radius 2 is 1.95 bits per heavy atom. The van der Waals surface area contributed by atoms with Crippen LogP contribution in [-0.4, -0.2) is 43.0 Å². The van der Waals surface area contributed by atoms with Gasteiger partial charge < -0.3 is 16.0 Å². The molecule has 2 unspecified atom stereocenters. The summed E-state index contributed by atoms with van der Waals surface area (Å²) in [6.45, 7) is 1.91. The molecule has 1 saturated carbocycles. The first-order valence-corrected chi connectivity index (χ1v) is 7.90. The third kappa shape index (κ3) is 5.23. The molecule has 0 aromatic heterocycles. The average molecular weight is 304 g/mol. The van der Waals surface area contributed by atoms with Gasteiger partial charge in [-0.1, -0.05) is 32.1 Å². The van der Waals surface area contributed by atoms with Crippen LogP contribution < -0.4 is 11.1 Å². The Morgan fingerprint density at radius 3 is 2.55 bits per heavy atom. The zero-order valence-corrected chi connectivity index (χ0v) is 13.5. The Hall–Kier alpha value is -0.320. The molecule has 3 N–H and O–H groups in total. The van der Waals surface area contributed by atoms with Crippen LogP contribution >= 0.6 is 12.4 Å². The zero-order valence-electron chi connectivity index (χ0n) is 12.6. The molecule has 0 spiro atoms. The number of carbonyl (C=O) groups is 1. The minimum Gasteiger partial charge on any atom is -0.353 e. The van der Waals surface area contributed by atoms with E-state index in [1.807, 2.05) is 0 Å². The van der Waals surface area contributed by atoms with E-state index in [0.717, 1.165) is 19.5 Å². The molecule has 1 amide bonds. The van der Waals surface area contributed by atoms with E-state index < -0.39 is 0 Å². The Kier molecular flexibility index (Phi) is 7.85. The molecule has 0 aromatic carbocycles. The fraction of sp³-hybridized carbons (Fsp3) is 0.933. The van der Waals surface area contributed by atoms with E-state index in [2.05, 4.69) is 17.3 Å². The molecule has 2 rings (SSSR count). The zero-order chi connectivity index (χ0) is 13.7. The van der Waals surface area contributed by atoms with Crippen LogP contribution in [0.2, 0.25) is 0 Å². The number of hydrogen-bond acceptors (Lipinski definition) is 3. The van der Waals surface area contributed by atoms with E-state index in [1.165, 1.54) is 44.9 Å². The van der Waals surface area contributed by atoms with E-state index in [4.69, 9.17) is 5.73 Å². The summed E-state index contributed by atoms with van der Waals surface area (Å²) in [5, 5.41) is 3.04. The fourth-order valence-electron chi connectivity index (χ4n) is 3.48. The molecule has 1 saturated heterocycles. The van der Waals surface area contributed by atoms with Gasteiger partial charge >= 0.3 is 0 Å². The van der Waals surface area contributed by atoms with Gasteiger partial charge in [0.15, 0.2) is 0 Å². The molecule has 2 atom stereocenters. The minimum absolute atomic E-state index is 0. The summed E-state index contributed by atoms with van der Waals surface area (Å²) in [7, 11) is 2.13. The van der Waals surface area contributed by atoms with Crippen molar-refractivity contribution in [3.8, 4) is 0 Å². The van der Waals surface area contributed by atoms with Gasteiger partial charge in [-0.05, 0) is 38.8 Å². The number of halogens is 1. The Labute approximate surface area is 129 Å². The van der Waals surface area contributed by atoms with Crippen molar-refractivity contribution in [1.29, 1.82) is 0 Å². The van der Waals surface area contributed by atoms with Crippen LogP contribution in [0.4, 0.5) is 0 Å². The number of nitrogens with zero attached hydrogens (tertiary/aromatic N) is 1. The highest BCUT2D eigenvalue weighted by atomic mass is 35.5. The van der Waals surface area contributed by atoms with Gasteiger partial charge in [-0.25, -0.2) is 0 Å². The van der Waals surface area contributed by atoms with Gasteiger partial charge in [0.2, 0.25) is 5.91 Å². The van der Waals surface area contributed by atoms with Crippen molar-refractivity contribution in [2.24, 2.45) is 11.7 Å². The van der Waals surface area contributed by atoms with Gasteiger partial charge in [0.25, 0.3) is 0 Å². The first-order valence-electron chi connectivity index (χ1n) is 7.90. The summed E-state index contributed by atoms with van der Waals surface area (Å²) < 4.78 is 0. The highest BCUT2D eigenvalue weighted by Crippen LogP contribution is 2.26. The maximum absolute atomic E-state index is 12.0. The lowest BCUT2D eigenvalue weighted by Crippen LogP contribution is -2.46. The number of amides is 1. The van der Waals surface area contributed by atoms with Crippen LogP contribution in [0.1, 0.15) is 51.4 Å². The third-order valence-electron chi connectivity index (χ3n) is 4.83. The quantitative estimate of drug-likeness (QED) is 0.816. The standard InChI is InChI=1S/C15H29N3O.ClH/c1-18-9-5-8-13(18)11-17-15(19)14(16)10-12-6-3-2-4-7-12;/h12-14H,2-11,16H2,1H3,(H,17,19);1H. The predicted octanol–water partition coefficient (Wildman–Crippen LogP) is 1.92. The van der Waals surface area contributed by atoms with Crippen molar-refractivity contribution >= 4 is 18.3 Å². The first-order chi connectivity index (χ1) is 9.16. The molecule has 1 aliphatic carbocycles. The Balaban J connectivity index is 0.00000200. The van der Waals surface area contributed by atoms with E-state index in [9.17, 15) is 4.79 Å². The largest absolute Gasteiger partial charge is 0.353 e. The van der Waals surface area contributed by atoms with Gasteiger partial charge in [0.1, 0.15) is 0 Å². The smallest absolute Gasteiger partial charge is 0.236 e. The summed E-state index contributed by atoms with van der Waals surface area (Å²) in [4.78, 5) is 14.4. The molecule has 2 aliphatic rings. The molecular formula is C15H30ClN3O. The van der Waals surface area contributed by atoms with Crippen molar-refractivity contribution in [2.75, 3.05) is 20.1 Å². The second kappa shape index (κ2) is 8.85. The number of likely N-dealkylation sites (tertiary alicyclic amines) is 1. The van der Waals surface area contributed by atoms with Crippen LogP contribution in [0.25, 0.3) is 0 Å². The van der Waals surface area contributed by atoms with Crippen LogP contribution in [0.15, 0.2) is 0 Å². The molecule has 4 nitrogen and oxygen atoms in total. The molecule has 1 aliphatic heterocycles. The van der Waals surface area contributed by atoms with E-state index in [0.29, 0.717) is 12.0 Å². The fourth-order valence-corrected chi connectivity index (χ4v) is 3.48. The molecule has 5 heteroatoms. The normalized spacial score (nSPS) is 26.0. The highest BCUT2D eigenvalue weighted by Gasteiger charge is 2.24. The number of rotatable bonds is 5. The Morgan fingerprint density at radius 1 is 1.25 bits per heavy atom. The number of nitrogens with two attached hydrogens (primary N) is 1. The van der Waals surface area contributed by atoms with Crippen molar-refractivity contribution in [3.05, 3.63) is 0 Å². The van der Waals surface area contributed by atoms with Crippen LogP contribution in [0.5, 0.6) is 0 Å². The lowest BCUT2D eigenvalue weighted by molar-refractivity contribution is -0.123. The SMILES string of the molecule is CN1CCCC1CNC(=O)C(N)CC1CCCCC1.Cl. The molecule has 20 heavy (non-hydrogen) atoms. The summed E-state index contributed by atoms with van der Waals surface area (Å²) in [6, 6.07) is 0.195. The van der Waals surface area contributed by atoms with E-state index >= 15 is 0 Å². The summed E-state index contributed by atoms with van der Waals surface area (Å²) in [5.41, 5.74) is 6.04. The molecule has 0 radical (unpaired) electrons. The minimum atomic E-state index is -0.310. The summed E-state index contributed by atoms with van der Waals surface area (Å²) in [6.07, 6.45) is 9.79. The number of hydrogen-bond donors (Lipinski definition) is 2. The lowest BCUT2D eigenvalue weighted by Gasteiger charge is -2.25. The first kappa shape index (κ1) is 17.7. The van der Waals surface area contributed by atoms with Gasteiger partial charge in [-0.3, -0.25) is 4.79 Å². The number of nitrogens with one attached hydrogen (secondary N) is 1. The number of likely N-dealkylation sites (N-methyl/N-ethyl adjacent to an activating group) is 1. The van der Waals surface area contributed by atoms with E-state index in [1.54, 1.807) is 0 Å². The second-order valence-electron chi connectivity index (χ2n) is 6.37. The van der Waals surface area contributed by atoms with Crippen LogP contribution in [-0.2, 0) is 4.79 Å². The molecule has 1 heterocycles. The summed E-state index contributed by atoms with van der Waals surface area (Å²) in [5.74, 6) is 0.717. The molecular weight excluding hydrogens is 274 g/mol. The van der Waals surface area contributed by atoms with Gasteiger partial charge in [-0.2, -0.15) is 0 Å². The Bertz CT molecular complexity index is 295. The van der Waals surface area contributed by atoms with E-state index in [-0.39, 0.29) is 24.4 Å². The lowest BCUT2D eigenvalue weighted by atomic mass is 9.85. The van der Waals surface area contributed by atoms with Gasteiger partial charge in [-0.15, -0.1) is 12.4 Å². The molecule has 0 aromatic rings. The van der Waals surface area contributed by atoms with Crippen molar-refractivity contribution < 1.29 is 4.79 Å². The monoisotopic (exact) mass is 303 g/mol. The molecule has 118 valence electrons. The highest BCUT2D eigenvalue weighted by molar-refractivity contribution is 5.85. The average Bonchev–Trinajstić information content (AvgIpc) is 2.82. The number of carbonyl (C=O) groups excluding carboxylic acids is 1. The van der Waals surface area contributed by atoms with Crippen LogP contribution in [0, 0.1) is 5.92 Å².